The van der Waals surface area contributed by atoms with Crippen LogP contribution >= 0.6 is 0 Å². The van der Waals surface area contributed by atoms with E-state index in [0.29, 0.717) is 24.7 Å². The summed E-state index contributed by atoms with van der Waals surface area (Å²) in [5, 5.41) is 0.790. The number of pyridine rings is 1. The number of hydrogen-bond donors (Lipinski definition) is 0. The van der Waals surface area contributed by atoms with Gasteiger partial charge in [0, 0.05) is 18.0 Å². The minimum absolute atomic E-state index is 0.328. The quantitative estimate of drug-likeness (QED) is 0.483. The first-order chi connectivity index (χ1) is 12.2. The molecule has 0 radical (unpaired) electrons. The standard InChI is InChI=1S/C20H28N2O3/c1-4-7-13-24-19-15-17(16-10-8-9-11-18(16)21-19)20(23)25-14-12-22(5-2)6-3/h8-11,15H,4-7,12-14H2,1-3H3. The van der Waals surface area contributed by atoms with Crippen molar-refractivity contribution in [2.45, 2.75) is 33.6 Å². The van der Waals surface area contributed by atoms with Crippen molar-refractivity contribution >= 4 is 16.9 Å². The lowest BCUT2D eigenvalue weighted by Crippen LogP contribution is -2.28. The van der Waals surface area contributed by atoms with Gasteiger partial charge in [-0.1, -0.05) is 45.4 Å². The molecule has 136 valence electrons. The molecule has 0 saturated carbocycles. The SMILES string of the molecule is CCCCOc1cc(C(=O)OCCN(CC)CC)c2ccccc2n1. The first-order valence-electron chi connectivity index (χ1n) is 9.11. The number of ether oxygens (including phenoxy) is 2. The Morgan fingerprint density at radius 2 is 1.88 bits per heavy atom. The van der Waals surface area contributed by atoms with Crippen LogP contribution in [-0.4, -0.2) is 48.7 Å². The topological polar surface area (TPSA) is 51.7 Å². The van der Waals surface area contributed by atoms with Crippen LogP contribution in [0.2, 0.25) is 0 Å². The van der Waals surface area contributed by atoms with Crippen LogP contribution in [0.25, 0.3) is 10.9 Å². The van der Waals surface area contributed by atoms with E-state index in [1.807, 2.05) is 24.3 Å². The van der Waals surface area contributed by atoms with E-state index in [4.69, 9.17) is 9.47 Å². The predicted molar refractivity (Wildman–Crippen MR) is 100 cm³/mol. The lowest BCUT2D eigenvalue weighted by atomic mass is 10.1. The molecule has 0 aliphatic carbocycles. The number of carbonyl (C=O) groups is 1. The first kappa shape index (κ1) is 19.2. The molecule has 2 aromatic rings. The van der Waals surface area contributed by atoms with E-state index >= 15 is 0 Å². The minimum atomic E-state index is -0.328. The highest BCUT2D eigenvalue weighted by molar-refractivity contribution is 6.03. The summed E-state index contributed by atoms with van der Waals surface area (Å²) in [7, 11) is 0. The summed E-state index contributed by atoms with van der Waals surface area (Å²) < 4.78 is 11.2. The van der Waals surface area contributed by atoms with Gasteiger partial charge in [-0.15, -0.1) is 0 Å². The van der Waals surface area contributed by atoms with E-state index < -0.39 is 0 Å². The number of nitrogens with zero attached hydrogens (tertiary/aromatic N) is 2. The van der Waals surface area contributed by atoms with Gasteiger partial charge in [-0.2, -0.15) is 0 Å². The fourth-order valence-corrected chi connectivity index (χ4v) is 2.60. The maximum absolute atomic E-state index is 12.6. The van der Waals surface area contributed by atoms with Crippen LogP contribution in [0.5, 0.6) is 5.88 Å². The second-order valence-corrected chi connectivity index (χ2v) is 5.89. The molecule has 1 aromatic carbocycles. The van der Waals surface area contributed by atoms with E-state index in [2.05, 4.69) is 30.7 Å². The maximum atomic E-state index is 12.6. The largest absolute Gasteiger partial charge is 0.478 e. The molecule has 25 heavy (non-hydrogen) atoms. The van der Waals surface area contributed by atoms with Gasteiger partial charge >= 0.3 is 5.97 Å². The van der Waals surface area contributed by atoms with Crippen LogP contribution in [0.4, 0.5) is 0 Å². The van der Waals surface area contributed by atoms with Crippen molar-refractivity contribution in [3.63, 3.8) is 0 Å². The Bertz CT molecular complexity index is 684. The summed E-state index contributed by atoms with van der Waals surface area (Å²) in [4.78, 5) is 19.3. The van der Waals surface area contributed by atoms with E-state index in [-0.39, 0.29) is 5.97 Å². The molecular formula is C20H28N2O3. The lowest BCUT2D eigenvalue weighted by Gasteiger charge is -2.17. The van der Waals surface area contributed by atoms with E-state index in [1.54, 1.807) is 6.07 Å². The lowest BCUT2D eigenvalue weighted by molar-refractivity contribution is 0.0468. The predicted octanol–water partition coefficient (Wildman–Crippen LogP) is 3.91. The molecule has 0 bridgehead atoms. The number of rotatable bonds is 10. The van der Waals surface area contributed by atoms with Crippen LogP contribution in [0.1, 0.15) is 44.0 Å². The van der Waals surface area contributed by atoms with Crippen LogP contribution in [0, 0.1) is 0 Å². The second kappa shape index (κ2) is 9.99. The third-order valence-corrected chi connectivity index (χ3v) is 4.20. The molecule has 0 N–H and O–H groups in total. The Morgan fingerprint density at radius 3 is 2.60 bits per heavy atom. The number of benzene rings is 1. The van der Waals surface area contributed by atoms with Crippen LogP contribution in [0.15, 0.2) is 30.3 Å². The number of fused-ring (bicyclic) bond motifs is 1. The molecule has 5 heteroatoms. The molecule has 0 aliphatic heterocycles. The Kier molecular flexibility index (Phi) is 7.67. The molecule has 0 unspecified atom stereocenters. The summed E-state index contributed by atoms with van der Waals surface area (Å²) in [6, 6.07) is 9.26. The van der Waals surface area contributed by atoms with Gasteiger partial charge in [-0.05, 0) is 25.6 Å². The first-order valence-corrected chi connectivity index (χ1v) is 9.11. The van der Waals surface area contributed by atoms with Gasteiger partial charge in [-0.25, -0.2) is 9.78 Å². The van der Waals surface area contributed by atoms with Gasteiger partial charge < -0.3 is 14.4 Å². The highest BCUT2D eigenvalue weighted by Crippen LogP contribution is 2.23. The van der Waals surface area contributed by atoms with Crippen molar-refractivity contribution in [3.05, 3.63) is 35.9 Å². The maximum Gasteiger partial charge on any atom is 0.339 e. The van der Waals surface area contributed by atoms with Crippen molar-refractivity contribution in [1.82, 2.24) is 9.88 Å². The highest BCUT2D eigenvalue weighted by atomic mass is 16.5. The molecule has 0 aliphatic rings. The third-order valence-electron chi connectivity index (χ3n) is 4.20. The Morgan fingerprint density at radius 1 is 1.12 bits per heavy atom. The number of aromatic nitrogens is 1. The summed E-state index contributed by atoms with van der Waals surface area (Å²) in [6.45, 7) is 9.91. The van der Waals surface area contributed by atoms with Gasteiger partial charge in [0.15, 0.2) is 0 Å². The van der Waals surface area contributed by atoms with Gasteiger partial charge in [0.05, 0.1) is 17.7 Å². The Labute approximate surface area is 149 Å². The Balaban J connectivity index is 2.15. The van der Waals surface area contributed by atoms with Gasteiger partial charge in [-0.3, -0.25) is 0 Å². The van der Waals surface area contributed by atoms with E-state index in [9.17, 15) is 4.79 Å². The molecular weight excluding hydrogens is 316 g/mol. The number of likely N-dealkylation sites (N-methyl/N-ethyl adjacent to an activating group) is 1. The molecule has 5 nitrogen and oxygen atoms in total. The van der Waals surface area contributed by atoms with Crippen LogP contribution in [0.3, 0.4) is 0 Å². The normalized spacial score (nSPS) is 11.0. The highest BCUT2D eigenvalue weighted by Gasteiger charge is 2.15. The molecule has 2 rings (SSSR count). The van der Waals surface area contributed by atoms with Crippen molar-refractivity contribution in [1.29, 1.82) is 0 Å². The molecule has 0 spiro atoms. The van der Waals surface area contributed by atoms with Gasteiger partial charge in [0.25, 0.3) is 0 Å². The summed E-state index contributed by atoms with van der Waals surface area (Å²) in [5.74, 6) is 0.147. The molecule has 1 heterocycles. The molecule has 0 amide bonds. The van der Waals surface area contributed by atoms with E-state index in [0.717, 1.165) is 43.4 Å². The number of hydrogen-bond acceptors (Lipinski definition) is 5. The van der Waals surface area contributed by atoms with E-state index in [1.165, 1.54) is 0 Å². The van der Waals surface area contributed by atoms with Crippen LogP contribution in [-0.2, 0) is 4.74 Å². The number of esters is 1. The molecule has 1 aromatic heterocycles. The zero-order chi connectivity index (χ0) is 18.1. The summed E-state index contributed by atoms with van der Waals surface area (Å²) in [6.07, 6.45) is 2.01. The Hall–Kier alpha value is -2.14. The molecule has 0 atom stereocenters. The average molecular weight is 344 g/mol. The second-order valence-electron chi connectivity index (χ2n) is 5.89. The van der Waals surface area contributed by atoms with Crippen LogP contribution < -0.4 is 4.74 Å². The molecule has 0 fully saturated rings. The summed E-state index contributed by atoms with van der Waals surface area (Å²) in [5.41, 5.74) is 1.25. The van der Waals surface area contributed by atoms with Crippen molar-refractivity contribution < 1.29 is 14.3 Å². The third kappa shape index (κ3) is 5.43. The zero-order valence-corrected chi connectivity index (χ0v) is 15.5. The van der Waals surface area contributed by atoms with Gasteiger partial charge in [0.1, 0.15) is 6.61 Å². The fraction of sp³-hybridized carbons (Fsp3) is 0.500. The monoisotopic (exact) mass is 344 g/mol. The summed E-state index contributed by atoms with van der Waals surface area (Å²) >= 11 is 0. The van der Waals surface area contributed by atoms with Gasteiger partial charge in [0.2, 0.25) is 5.88 Å². The van der Waals surface area contributed by atoms with Crippen molar-refractivity contribution in [2.75, 3.05) is 32.8 Å². The van der Waals surface area contributed by atoms with Crippen molar-refractivity contribution in [2.24, 2.45) is 0 Å². The number of carbonyl (C=O) groups excluding carboxylic acids is 1. The number of para-hydroxylation sites is 1. The number of unbranched alkanes of at least 4 members (excludes halogenated alkanes) is 1. The average Bonchev–Trinajstić information content (AvgIpc) is 2.64. The molecule has 0 saturated heterocycles. The fourth-order valence-electron chi connectivity index (χ4n) is 2.60. The minimum Gasteiger partial charge on any atom is -0.478 e. The smallest absolute Gasteiger partial charge is 0.339 e. The zero-order valence-electron chi connectivity index (χ0n) is 15.5. The van der Waals surface area contributed by atoms with Crippen molar-refractivity contribution in [3.8, 4) is 5.88 Å².